The molecule has 0 aliphatic carbocycles. The van der Waals surface area contributed by atoms with Gasteiger partial charge in [-0.1, -0.05) is 11.6 Å². The van der Waals surface area contributed by atoms with E-state index in [2.05, 4.69) is 20.9 Å². The molecule has 1 aliphatic heterocycles. The smallest absolute Gasteiger partial charge is 0.410 e. The van der Waals surface area contributed by atoms with Crippen LogP contribution in [0.4, 0.5) is 10.5 Å². The van der Waals surface area contributed by atoms with Crippen molar-refractivity contribution in [2.45, 2.75) is 32.4 Å². The maximum Gasteiger partial charge on any atom is 0.410 e. The summed E-state index contributed by atoms with van der Waals surface area (Å²) >= 11 is 9.48. The molecule has 1 aromatic carbocycles. The molecule has 1 aliphatic rings. The van der Waals surface area contributed by atoms with Crippen molar-refractivity contribution in [1.29, 1.82) is 0 Å². The molecule has 0 atom stereocenters. The highest BCUT2D eigenvalue weighted by Crippen LogP contribution is 2.34. The lowest BCUT2D eigenvalue weighted by Gasteiger charge is -2.40. The fourth-order valence-corrected chi connectivity index (χ4v) is 3.17. The number of nitrogen functional groups attached to an aromatic ring is 1. The zero-order chi connectivity index (χ0) is 18.5. The number of halogens is 2. The van der Waals surface area contributed by atoms with Crippen molar-refractivity contribution in [2.24, 2.45) is 0 Å². The number of carbonyl (C=O) groups is 1. The van der Waals surface area contributed by atoms with Gasteiger partial charge in [-0.2, -0.15) is 0 Å². The zero-order valence-corrected chi connectivity index (χ0v) is 16.4. The Bertz CT molecular complexity index is 916. The lowest BCUT2D eigenvalue weighted by atomic mass is 10.1. The van der Waals surface area contributed by atoms with Gasteiger partial charge in [-0.15, -0.1) is 0 Å². The molecular formula is C16H18BrClN4O3. The minimum absolute atomic E-state index is 0.152. The van der Waals surface area contributed by atoms with Crippen LogP contribution in [0, 0.1) is 0 Å². The number of amides is 1. The fraction of sp³-hybridized carbons (Fsp3) is 0.438. The van der Waals surface area contributed by atoms with E-state index in [1.165, 1.54) is 10.9 Å². The van der Waals surface area contributed by atoms with Crippen molar-refractivity contribution >= 4 is 50.2 Å². The molecule has 1 amide bonds. The Hall–Kier alpha value is -1.80. The van der Waals surface area contributed by atoms with Crippen LogP contribution < -0.4 is 11.3 Å². The molecule has 7 nitrogen and oxygen atoms in total. The second kappa shape index (κ2) is 6.17. The third-order valence-corrected chi connectivity index (χ3v) is 5.34. The van der Waals surface area contributed by atoms with Crippen molar-refractivity contribution in [2.75, 3.05) is 18.8 Å². The van der Waals surface area contributed by atoms with Crippen LogP contribution in [-0.4, -0.2) is 39.2 Å². The predicted molar refractivity (Wildman–Crippen MR) is 100.0 cm³/mol. The van der Waals surface area contributed by atoms with Crippen LogP contribution in [0.5, 0.6) is 0 Å². The average Bonchev–Trinajstić information content (AvgIpc) is 2.44. The Morgan fingerprint density at radius 1 is 1.44 bits per heavy atom. The second-order valence-electron chi connectivity index (χ2n) is 6.99. The second-order valence-corrected chi connectivity index (χ2v) is 8.16. The van der Waals surface area contributed by atoms with Gasteiger partial charge in [0.05, 0.1) is 32.8 Å². The van der Waals surface area contributed by atoms with Gasteiger partial charge in [-0.05, 0) is 42.8 Å². The topological polar surface area (TPSA) is 90.4 Å². The molecule has 2 heterocycles. The van der Waals surface area contributed by atoms with Crippen LogP contribution in [0.25, 0.3) is 10.9 Å². The fourth-order valence-electron chi connectivity index (χ4n) is 2.60. The molecule has 1 fully saturated rings. The standard InChI is InChI=1S/C16H18BrClN4O3/c1-16(2,3)25-15(24)21-5-8(6-21)22-7-20-13-9(14(22)23)4-10(19)11(17)12(13)18/h4,7-8H,5-6,19H2,1-3H3. The number of likely N-dealkylation sites (tertiary alicyclic amines) is 1. The maximum atomic E-state index is 12.7. The quantitative estimate of drug-likeness (QED) is 0.703. The number of anilines is 1. The molecule has 3 rings (SSSR count). The number of hydrogen-bond acceptors (Lipinski definition) is 5. The summed E-state index contributed by atoms with van der Waals surface area (Å²) in [7, 11) is 0. The van der Waals surface area contributed by atoms with E-state index in [0.717, 1.165) is 0 Å². The summed E-state index contributed by atoms with van der Waals surface area (Å²) < 4.78 is 7.34. The van der Waals surface area contributed by atoms with Crippen LogP contribution in [0.2, 0.25) is 5.02 Å². The first-order chi connectivity index (χ1) is 11.6. The Labute approximate surface area is 157 Å². The monoisotopic (exact) mass is 428 g/mol. The highest BCUT2D eigenvalue weighted by molar-refractivity contribution is 9.10. The van der Waals surface area contributed by atoms with E-state index in [0.29, 0.717) is 39.2 Å². The molecule has 134 valence electrons. The number of carbonyl (C=O) groups excluding carboxylic acids is 1. The van der Waals surface area contributed by atoms with Gasteiger partial charge in [-0.3, -0.25) is 9.36 Å². The number of aromatic nitrogens is 2. The first-order valence-electron chi connectivity index (χ1n) is 7.70. The molecule has 25 heavy (non-hydrogen) atoms. The van der Waals surface area contributed by atoms with Crippen LogP contribution in [0.3, 0.4) is 0 Å². The van der Waals surface area contributed by atoms with Crippen LogP contribution >= 0.6 is 27.5 Å². The van der Waals surface area contributed by atoms with E-state index in [-0.39, 0.29) is 17.7 Å². The highest BCUT2D eigenvalue weighted by Gasteiger charge is 2.35. The van der Waals surface area contributed by atoms with Gasteiger partial charge in [0.15, 0.2) is 0 Å². The van der Waals surface area contributed by atoms with Gasteiger partial charge in [0.25, 0.3) is 5.56 Å². The van der Waals surface area contributed by atoms with Gasteiger partial charge < -0.3 is 15.4 Å². The van der Waals surface area contributed by atoms with Gasteiger partial charge in [0.2, 0.25) is 0 Å². The summed E-state index contributed by atoms with van der Waals surface area (Å²) in [5, 5.41) is 0.659. The highest BCUT2D eigenvalue weighted by atomic mass is 79.9. The van der Waals surface area contributed by atoms with Crippen LogP contribution in [0.1, 0.15) is 26.8 Å². The maximum absolute atomic E-state index is 12.7. The molecule has 2 aromatic rings. The lowest BCUT2D eigenvalue weighted by Crippen LogP contribution is -2.54. The number of nitrogens with zero attached hydrogens (tertiary/aromatic N) is 3. The molecule has 0 saturated carbocycles. The van der Waals surface area contributed by atoms with Crippen molar-refractivity contribution < 1.29 is 9.53 Å². The first kappa shape index (κ1) is 18.0. The molecular weight excluding hydrogens is 412 g/mol. The minimum atomic E-state index is -0.550. The summed E-state index contributed by atoms with van der Waals surface area (Å²) in [4.78, 5) is 30.6. The van der Waals surface area contributed by atoms with Crippen LogP contribution in [-0.2, 0) is 4.74 Å². The van der Waals surface area contributed by atoms with E-state index in [1.54, 1.807) is 11.0 Å². The largest absolute Gasteiger partial charge is 0.444 e. The number of ether oxygens (including phenoxy) is 1. The summed E-state index contributed by atoms with van der Waals surface area (Å²) in [5.74, 6) is 0. The Balaban J connectivity index is 1.85. The number of rotatable bonds is 1. The minimum Gasteiger partial charge on any atom is -0.444 e. The number of benzene rings is 1. The summed E-state index contributed by atoms with van der Waals surface area (Å²) in [6, 6.07) is 1.40. The molecule has 0 bridgehead atoms. The number of nitrogens with two attached hydrogens (primary N) is 1. The molecule has 0 radical (unpaired) electrons. The van der Waals surface area contributed by atoms with Crippen molar-refractivity contribution in [3.8, 4) is 0 Å². The summed E-state index contributed by atoms with van der Waals surface area (Å²) in [6.07, 6.45) is 1.07. The van der Waals surface area contributed by atoms with E-state index in [1.807, 2.05) is 20.8 Å². The van der Waals surface area contributed by atoms with E-state index in [9.17, 15) is 9.59 Å². The summed E-state index contributed by atoms with van der Waals surface area (Å²) in [5.41, 5.74) is 5.85. The molecule has 2 N–H and O–H groups in total. The molecule has 1 saturated heterocycles. The Kier molecular flexibility index (Phi) is 4.45. The Morgan fingerprint density at radius 3 is 2.68 bits per heavy atom. The SMILES string of the molecule is CC(C)(C)OC(=O)N1CC(n2cnc3c(Cl)c(Br)c(N)cc3c2=O)C1. The van der Waals surface area contributed by atoms with E-state index >= 15 is 0 Å². The van der Waals surface area contributed by atoms with Gasteiger partial charge in [0.1, 0.15) is 5.60 Å². The third kappa shape index (κ3) is 3.32. The predicted octanol–water partition coefficient (Wildman–Crippen LogP) is 3.19. The van der Waals surface area contributed by atoms with E-state index in [4.69, 9.17) is 22.1 Å². The number of hydrogen-bond donors (Lipinski definition) is 1. The average molecular weight is 430 g/mol. The van der Waals surface area contributed by atoms with Gasteiger partial charge in [-0.25, -0.2) is 9.78 Å². The lowest BCUT2D eigenvalue weighted by molar-refractivity contribution is 0.000603. The molecule has 0 spiro atoms. The van der Waals surface area contributed by atoms with Gasteiger partial charge >= 0.3 is 6.09 Å². The first-order valence-corrected chi connectivity index (χ1v) is 8.88. The van der Waals surface area contributed by atoms with E-state index < -0.39 is 5.60 Å². The Morgan fingerprint density at radius 2 is 2.08 bits per heavy atom. The normalized spacial score (nSPS) is 15.3. The van der Waals surface area contributed by atoms with Crippen molar-refractivity contribution in [1.82, 2.24) is 14.5 Å². The van der Waals surface area contributed by atoms with Crippen molar-refractivity contribution in [3.05, 3.63) is 32.2 Å². The summed E-state index contributed by atoms with van der Waals surface area (Å²) in [6.45, 7) is 6.22. The van der Waals surface area contributed by atoms with Crippen LogP contribution in [0.15, 0.2) is 21.7 Å². The molecule has 0 unspecified atom stereocenters. The third-order valence-electron chi connectivity index (χ3n) is 3.89. The molecule has 1 aromatic heterocycles. The molecule has 9 heteroatoms. The zero-order valence-electron chi connectivity index (χ0n) is 14.0. The number of fused-ring (bicyclic) bond motifs is 1. The van der Waals surface area contributed by atoms with Crippen molar-refractivity contribution in [3.63, 3.8) is 0 Å². The van der Waals surface area contributed by atoms with Gasteiger partial charge in [0, 0.05) is 18.8 Å².